The lowest BCUT2D eigenvalue weighted by Gasteiger charge is -2.12. The fraction of sp³-hybridized carbons (Fsp3) is 0.700. The molecule has 8 heteroatoms. The zero-order chi connectivity index (χ0) is 13.4. The zero-order valence-electron chi connectivity index (χ0n) is 10.4. The smallest absolute Gasteiger partial charge is 0.320 e. The number of nitrogens with zero attached hydrogens (tertiary/aromatic N) is 2. The van der Waals surface area contributed by atoms with Crippen molar-refractivity contribution < 1.29 is 9.90 Å². The number of nitrogens with one attached hydrogen (secondary N) is 1. The highest BCUT2D eigenvalue weighted by Gasteiger charge is 2.16. The van der Waals surface area contributed by atoms with Gasteiger partial charge in [0.1, 0.15) is 6.04 Å². The van der Waals surface area contributed by atoms with E-state index in [1.807, 2.05) is 13.2 Å². The van der Waals surface area contributed by atoms with Gasteiger partial charge in [-0.2, -0.15) is 0 Å². The summed E-state index contributed by atoms with van der Waals surface area (Å²) < 4.78 is 1.84. The van der Waals surface area contributed by atoms with Crippen LogP contribution >= 0.6 is 34.9 Å². The van der Waals surface area contributed by atoms with E-state index in [-0.39, 0.29) is 0 Å². The van der Waals surface area contributed by atoms with E-state index in [4.69, 9.17) is 5.11 Å². The SMILES string of the molecule is CCCNC(CCSc1nnc(SC)s1)C(=O)O. The minimum absolute atomic E-state index is 0.467. The second-order valence-electron chi connectivity index (χ2n) is 3.52. The van der Waals surface area contributed by atoms with Crippen LogP contribution in [0.5, 0.6) is 0 Å². The maximum absolute atomic E-state index is 11.0. The average Bonchev–Trinajstić information content (AvgIpc) is 2.81. The topological polar surface area (TPSA) is 75.1 Å². The molecule has 0 aromatic carbocycles. The van der Waals surface area contributed by atoms with Gasteiger partial charge in [0, 0.05) is 5.75 Å². The maximum atomic E-state index is 11.0. The summed E-state index contributed by atoms with van der Waals surface area (Å²) in [4.78, 5) is 11.0. The quantitative estimate of drug-likeness (QED) is 0.677. The van der Waals surface area contributed by atoms with Gasteiger partial charge in [0.25, 0.3) is 0 Å². The largest absolute Gasteiger partial charge is 0.480 e. The number of rotatable bonds is 9. The third-order valence-corrected chi connectivity index (χ3v) is 5.20. The summed E-state index contributed by atoms with van der Waals surface area (Å²) in [5, 5.41) is 20.1. The molecule has 0 aliphatic heterocycles. The number of aliphatic carboxylic acids is 1. The van der Waals surface area contributed by atoms with Crippen LogP contribution in [0.1, 0.15) is 19.8 Å². The van der Waals surface area contributed by atoms with Crippen LogP contribution in [0.25, 0.3) is 0 Å². The molecule has 0 aliphatic rings. The molecule has 2 N–H and O–H groups in total. The van der Waals surface area contributed by atoms with Crippen molar-refractivity contribution in [2.75, 3.05) is 18.6 Å². The third kappa shape index (κ3) is 5.55. The van der Waals surface area contributed by atoms with Crippen LogP contribution in [0, 0.1) is 0 Å². The predicted octanol–water partition coefficient (Wildman–Crippen LogP) is 2.19. The highest BCUT2D eigenvalue weighted by molar-refractivity contribution is 8.02. The number of carbonyl (C=O) groups is 1. The Morgan fingerprint density at radius 1 is 1.50 bits per heavy atom. The summed E-state index contributed by atoms with van der Waals surface area (Å²) in [5.74, 6) is -0.0532. The van der Waals surface area contributed by atoms with Gasteiger partial charge in [-0.15, -0.1) is 10.2 Å². The van der Waals surface area contributed by atoms with Gasteiger partial charge >= 0.3 is 5.97 Å². The molecule has 102 valence electrons. The molecule has 1 aromatic rings. The maximum Gasteiger partial charge on any atom is 0.320 e. The van der Waals surface area contributed by atoms with Crippen LogP contribution in [-0.4, -0.2) is 45.9 Å². The molecule has 1 atom stereocenters. The summed E-state index contributed by atoms with van der Waals surface area (Å²) in [6.45, 7) is 2.75. The molecule has 1 heterocycles. The third-order valence-electron chi connectivity index (χ3n) is 2.13. The van der Waals surface area contributed by atoms with Crippen LogP contribution in [0.3, 0.4) is 0 Å². The Kier molecular flexibility index (Phi) is 7.64. The molecule has 0 radical (unpaired) electrons. The van der Waals surface area contributed by atoms with Gasteiger partial charge in [0.2, 0.25) is 0 Å². The van der Waals surface area contributed by atoms with E-state index < -0.39 is 12.0 Å². The fourth-order valence-electron chi connectivity index (χ4n) is 1.23. The van der Waals surface area contributed by atoms with Gasteiger partial charge in [-0.1, -0.05) is 41.8 Å². The lowest BCUT2D eigenvalue weighted by molar-refractivity contribution is -0.139. The number of thioether (sulfide) groups is 2. The van der Waals surface area contributed by atoms with E-state index in [0.717, 1.165) is 27.4 Å². The molecule has 18 heavy (non-hydrogen) atoms. The lowest BCUT2D eigenvalue weighted by atomic mass is 10.2. The summed E-state index contributed by atoms with van der Waals surface area (Å²) in [6, 6.07) is -0.467. The second kappa shape index (κ2) is 8.73. The Hall–Kier alpha value is -0.310. The van der Waals surface area contributed by atoms with Crippen molar-refractivity contribution in [3.05, 3.63) is 0 Å². The fourth-order valence-corrected chi connectivity index (χ4v) is 3.75. The van der Waals surface area contributed by atoms with Crippen LogP contribution in [0.2, 0.25) is 0 Å². The Balaban J connectivity index is 2.31. The van der Waals surface area contributed by atoms with Crippen molar-refractivity contribution in [1.29, 1.82) is 0 Å². The van der Waals surface area contributed by atoms with Gasteiger partial charge in [-0.3, -0.25) is 4.79 Å². The van der Waals surface area contributed by atoms with E-state index in [1.165, 1.54) is 0 Å². The molecule has 0 saturated heterocycles. The summed E-state index contributed by atoms with van der Waals surface area (Å²) >= 11 is 4.68. The van der Waals surface area contributed by atoms with Crippen molar-refractivity contribution in [3.8, 4) is 0 Å². The first-order valence-electron chi connectivity index (χ1n) is 5.63. The molecule has 0 amide bonds. The first-order valence-corrected chi connectivity index (χ1v) is 8.66. The molecule has 1 unspecified atom stereocenters. The minimum Gasteiger partial charge on any atom is -0.480 e. The number of hydrogen-bond donors (Lipinski definition) is 2. The van der Waals surface area contributed by atoms with Crippen molar-refractivity contribution in [3.63, 3.8) is 0 Å². The summed E-state index contributed by atoms with van der Waals surface area (Å²) in [5.41, 5.74) is 0. The molecule has 1 rings (SSSR count). The zero-order valence-corrected chi connectivity index (χ0v) is 12.8. The minimum atomic E-state index is -0.786. The molecule has 1 aromatic heterocycles. The van der Waals surface area contributed by atoms with E-state index >= 15 is 0 Å². The van der Waals surface area contributed by atoms with Gasteiger partial charge in [-0.05, 0) is 25.6 Å². The van der Waals surface area contributed by atoms with Crippen molar-refractivity contribution >= 4 is 40.8 Å². The lowest BCUT2D eigenvalue weighted by Crippen LogP contribution is -2.37. The molecule has 5 nitrogen and oxygen atoms in total. The molecule has 0 bridgehead atoms. The van der Waals surface area contributed by atoms with Crippen LogP contribution in [-0.2, 0) is 4.79 Å². The van der Waals surface area contributed by atoms with Crippen molar-refractivity contribution in [2.24, 2.45) is 0 Å². The predicted molar refractivity (Wildman–Crippen MR) is 76.7 cm³/mol. The number of hydrogen-bond acceptors (Lipinski definition) is 7. The van der Waals surface area contributed by atoms with Gasteiger partial charge in [-0.25, -0.2) is 0 Å². The number of carboxylic acid groups (broad SMARTS) is 1. The van der Waals surface area contributed by atoms with Gasteiger partial charge in [0.15, 0.2) is 8.68 Å². The van der Waals surface area contributed by atoms with Crippen molar-refractivity contribution in [2.45, 2.75) is 34.5 Å². The first kappa shape index (κ1) is 15.7. The standard InChI is InChI=1S/C10H17N3O2S3/c1-3-5-11-7(8(14)15)4-6-17-10-13-12-9(16-2)18-10/h7,11H,3-6H2,1-2H3,(H,14,15). The molecule has 0 spiro atoms. The highest BCUT2D eigenvalue weighted by atomic mass is 32.2. The van der Waals surface area contributed by atoms with Crippen molar-refractivity contribution in [1.82, 2.24) is 15.5 Å². The van der Waals surface area contributed by atoms with Gasteiger partial charge < -0.3 is 10.4 Å². The van der Waals surface area contributed by atoms with Gasteiger partial charge in [0.05, 0.1) is 0 Å². The second-order valence-corrected chi connectivity index (χ2v) is 6.89. The average molecular weight is 307 g/mol. The van der Waals surface area contributed by atoms with Crippen LogP contribution in [0.15, 0.2) is 8.68 Å². The normalized spacial score (nSPS) is 12.6. The molecule has 0 aliphatic carbocycles. The summed E-state index contributed by atoms with van der Waals surface area (Å²) in [6.07, 6.45) is 3.49. The summed E-state index contributed by atoms with van der Waals surface area (Å²) in [7, 11) is 0. The molecule has 0 saturated carbocycles. The van der Waals surface area contributed by atoms with E-state index in [1.54, 1.807) is 34.9 Å². The Morgan fingerprint density at radius 3 is 2.78 bits per heavy atom. The molecular weight excluding hydrogens is 290 g/mol. The Morgan fingerprint density at radius 2 is 2.22 bits per heavy atom. The Bertz CT molecular complexity index is 373. The Labute approximate surface area is 119 Å². The monoisotopic (exact) mass is 307 g/mol. The highest BCUT2D eigenvalue weighted by Crippen LogP contribution is 2.27. The van der Waals surface area contributed by atoms with Crippen LogP contribution in [0.4, 0.5) is 0 Å². The number of carboxylic acids is 1. The van der Waals surface area contributed by atoms with E-state index in [2.05, 4.69) is 15.5 Å². The van der Waals surface area contributed by atoms with E-state index in [9.17, 15) is 4.79 Å². The molecular formula is C10H17N3O2S3. The number of aromatic nitrogens is 2. The first-order chi connectivity index (χ1) is 8.67. The molecule has 0 fully saturated rings. The van der Waals surface area contributed by atoms with E-state index in [0.29, 0.717) is 6.42 Å². The van der Waals surface area contributed by atoms with Crippen LogP contribution < -0.4 is 5.32 Å².